The maximum atomic E-state index is 12.5. The summed E-state index contributed by atoms with van der Waals surface area (Å²) in [5.74, 6) is -0.492. The van der Waals surface area contributed by atoms with Gasteiger partial charge >= 0.3 is 0 Å². The summed E-state index contributed by atoms with van der Waals surface area (Å²) in [6.45, 7) is 3.65. The van der Waals surface area contributed by atoms with Crippen molar-refractivity contribution in [3.05, 3.63) is 34.4 Å². The number of amides is 1. The van der Waals surface area contributed by atoms with Crippen LogP contribution in [0.25, 0.3) is 0 Å². The molecule has 0 saturated carbocycles. The summed E-state index contributed by atoms with van der Waals surface area (Å²) in [6, 6.07) is 4.69. The molecular formula is C15H24N4O5S. The van der Waals surface area contributed by atoms with E-state index >= 15 is 0 Å². The lowest BCUT2D eigenvalue weighted by Gasteiger charge is -2.27. The highest BCUT2D eigenvalue weighted by Gasteiger charge is 2.26. The lowest BCUT2D eigenvalue weighted by Crippen LogP contribution is -2.51. The van der Waals surface area contributed by atoms with E-state index in [1.54, 1.807) is 0 Å². The van der Waals surface area contributed by atoms with E-state index in [0.29, 0.717) is 12.8 Å². The lowest BCUT2D eigenvalue weighted by atomic mass is 9.94. The number of benzene rings is 1. The van der Waals surface area contributed by atoms with E-state index in [0.717, 1.165) is 10.4 Å². The van der Waals surface area contributed by atoms with Crippen LogP contribution in [-0.2, 0) is 14.8 Å². The van der Waals surface area contributed by atoms with Crippen LogP contribution < -0.4 is 11.1 Å². The van der Waals surface area contributed by atoms with Crippen molar-refractivity contribution in [2.45, 2.75) is 37.1 Å². The van der Waals surface area contributed by atoms with E-state index in [1.165, 1.54) is 25.2 Å². The summed E-state index contributed by atoms with van der Waals surface area (Å²) >= 11 is 0. The minimum atomic E-state index is -4.02. The Labute approximate surface area is 147 Å². The Hall–Kier alpha value is -2.04. The third-order valence-corrected chi connectivity index (χ3v) is 5.95. The zero-order valence-corrected chi connectivity index (χ0v) is 15.4. The summed E-state index contributed by atoms with van der Waals surface area (Å²) in [5.41, 5.74) is 5.22. The number of hydrogen-bond donors (Lipinski definition) is 2. The fraction of sp³-hybridized carbons (Fsp3) is 0.533. The first kappa shape index (κ1) is 21.0. The SMILES string of the molecule is CCC(N)(CC)CNC(=O)CN(C)S(=O)(=O)c1cccc([N+](=O)[O-])c1. The van der Waals surface area contributed by atoms with Crippen LogP contribution in [0.15, 0.2) is 29.2 Å². The molecule has 1 rings (SSSR count). The summed E-state index contributed by atoms with van der Waals surface area (Å²) in [7, 11) is -2.78. The van der Waals surface area contributed by atoms with Crippen LogP contribution in [0.5, 0.6) is 0 Å². The molecule has 1 aromatic carbocycles. The minimum Gasteiger partial charge on any atom is -0.353 e. The summed E-state index contributed by atoms with van der Waals surface area (Å²) in [4.78, 5) is 21.9. The van der Waals surface area contributed by atoms with Gasteiger partial charge in [0.2, 0.25) is 15.9 Å². The van der Waals surface area contributed by atoms with E-state index in [4.69, 9.17) is 5.73 Å². The van der Waals surface area contributed by atoms with Crippen LogP contribution in [0.3, 0.4) is 0 Å². The second-order valence-corrected chi connectivity index (χ2v) is 7.91. The molecule has 140 valence electrons. The van der Waals surface area contributed by atoms with Gasteiger partial charge in [0.15, 0.2) is 0 Å². The summed E-state index contributed by atoms with van der Waals surface area (Å²) < 4.78 is 25.8. The van der Waals surface area contributed by atoms with Crippen LogP contribution in [0, 0.1) is 10.1 Å². The lowest BCUT2D eigenvalue weighted by molar-refractivity contribution is -0.385. The fourth-order valence-corrected chi connectivity index (χ4v) is 3.22. The fourth-order valence-electron chi connectivity index (χ4n) is 2.06. The molecule has 0 spiro atoms. The maximum absolute atomic E-state index is 12.5. The summed E-state index contributed by atoms with van der Waals surface area (Å²) in [6.07, 6.45) is 1.34. The first-order valence-electron chi connectivity index (χ1n) is 7.82. The van der Waals surface area contributed by atoms with E-state index in [-0.39, 0.29) is 17.1 Å². The first-order valence-corrected chi connectivity index (χ1v) is 9.26. The molecule has 9 nitrogen and oxygen atoms in total. The normalized spacial score (nSPS) is 12.2. The van der Waals surface area contributed by atoms with Crippen LogP contribution in [-0.4, -0.2) is 49.2 Å². The van der Waals surface area contributed by atoms with Crippen LogP contribution in [0.1, 0.15) is 26.7 Å². The van der Waals surface area contributed by atoms with Crippen molar-refractivity contribution in [1.82, 2.24) is 9.62 Å². The molecular weight excluding hydrogens is 348 g/mol. The van der Waals surface area contributed by atoms with Crippen LogP contribution in [0.4, 0.5) is 5.69 Å². The Morgan fingerprint density at radius 3 is 2.48 bits per heavy atom. The van der Waals surface area contributed by atoms with Crippen LogP contribution >= 0.6 is 0 Å². The molecule has 3 N–H and O–H groups in total. The van der Waals surface area contributed by atoms with Gasteiger partial charge in [0.05, 0.1) is 16.4 Å². The van der Waals surface area contributed by atoms with Gasteiger partial charge in [0.25, 0.3) is 5.69 Å². The van der Waals surface area contributed by atoms with Crippen molar-refractivity contribution in [1.29, 1.82) is 0 Å². The molecule has 25 heavy (non-hydrogen) atoms. The number of likely N-dealkylation sites (N-methyl/N-ethyl adjacent to an activating group) is 1. The highest BCUT2D eigenvalue weighted by Crippen LogP contribution is 2.20. The van der Waals surface area contributed by atoms with Gasteiger partial charge in [-0.2, -0.15) is 4.31 Å². The molecule has 0 atom stereocenters. The Morgan fingerprint density at radius 2 is 1.96 bits per heavy atom. The third kappa shape index (κ3) is 5.48. The second kappa shape index (κ2) is 8.37. The molecule has 1 amide bonds. The smallest absolute Gasteiger partial charge is 0.270 e. The Kier molecular flexibility index (Phi) is 7.03. The number of nitro benzene ring substituents is 1. The molecule has 1 aromatic rings. The van der Waals surface area contributed by atoms with E-state index < -0.39 is 32.9 Å². The number of sulfonamides is 1. The Morgan fingerprint density at radius 1 is 1.36 bits per heavy atom. The first-order chi connectivity index (χ1) is 11.6. The third-order valence-electron chi connectivity index (χ3n) is 4.15. The molecule has 10 heteroatoms. The predicted octanol–water partition coefficient (Wildman–Crippen LogP) is 0.849. The second-order valence-electron chi connectivity index (χ2n) is 5.86. The standard InChI is InChI=1S/C15H24N4O5S/c1-4-15(16,5-2)11-17-14(20)10-18(3)25(23,24)13-8-6-7-12(9-13)19(21)22/h6-9H,4-5,10-11,16H2,1-3H3,(H,17,20). The van der Waals surface area contributed by atoms with Gasteiger partial charge < -0.3 is 11.1 Å². The zero-order valence-electron chi connectivity index (χ0n) is 14.6. The Bertz CT molecular complexity index is 731. The van der Waals surface area contributed by atoms with E-state index in [2.05, 4.69) is 5.32 Å². The van der Waals surface area contributed by atoms with Crippen molar-refractivity contribution < 1.29 is 18.1 Å². The van der Waals surface area contributed by atoms with Crippen LogP contribution in [0.2, 0.25) is 0 Å². The number of carbonyl (C=O) groups is 1. The molecule has 0 aromatic heterocycles. The highest BCUT2D eigenvalue weighted by atomic mass is 32.2. The van der Waals surface area contributed by atoms with Gasteiger partial charge in [-0.3, -0.25) is 14.9 Å². The highest BCUT2D eigenvalue weighted by molar-refractivity contribution is 7.89. The monoisotopic (exact) mass is 372 g/mol. The van der Waals surface area contributed by atoms with Gasteiger partial charge in [0, 0.05) is 31.3 Å². The van der Waals surface area contributed by atoms with Crippen molar-refractivity contribution in [3.8, 4) is 0 Å². The molecule has 0 aliphatic heterocycles. The predicted molar refractivity (Wildman–Crippen MR) is 93.4 cm³/mol. The molecule has 0 saturated heterocycles. The molecule has 0 aliphatic carbocycles. The maximum Gasteiger partial charge on any atom is 0.270 e. The number of nitro groups is 1. The number of carbonyl (C=O) groups excluding carboxylic acids is 1. The average Bonchev–Trinajstić information content (AvgIpc) is 2.59. The zero-order chi connectivity index (χ0) is 19.3. The molecule has 0 fully saturated rings. The van der Waals surface area contributed by atoms with E-state index in [1.807, 2.05) is 13.8 Å². The molecule has 0 radical (unpaired) electrons. The number of non-ortho nitro benzene ring substituents is 1. The van der Waals surface area contributed by atoms with E-state index in [9.17, 15) is 23.3 Å². The molecule has 0 bridgehead atoms. The van der Waals surface area contributed by atoms with Crippen molar-refractivity contribution in [3.63, 3.8) is 0 Å². The quantitative estimate of drug-likeness (QED) is 0.487. The van der Waals surface area contributed by atoms with Gasteiger partial charge in [-0.15, -0.1) is 0 Å². The molecule has 0 heterocycles. The van der Waals surface area contributed by atoms with Gasteiger partial charge in [0.1, 0.15) is 0 Å². The van der Waals surface area contributed by atoms with Gasteiger partial charge in [-0.1, -0.05) is 19.9 Å². The number of hydrogen-bond acceptors (Lipinski definition) is 6. The van der Waals surface area contributed by atoms with Crippen molar-refractivity contribution in [2.24, 2.45) is 5.73 Å². The molecule has 0 aliphatic rings. The molecule has 0 unspecified atom stereocenters. The number of rotatable bonds is 9. The van der Waals surface area contributed by atoms with Gasteiger partial charge in [-0.05, 0) is 18.9 Å². The average molecular weight is 372 g/mol. The van der Waals surface area contributed by atoms with Crippen molar-refractivity contribution in [2.75, 3.05) is 20.1 Å². The minimum absolute atomic E-state index is 0.240. The largest absolute Gasteiger partial charge is 0.353 e. The number of nitrogens with two attached hydrogens (primary N) is 1. The van der Waals surface area contributed by atoms with Gasteiger partial charge in [-0.25, -0.2) is 8.42 Å². The summed E-state index contributed by atoms with van der Waals surface area (Å²) in [5, 5.41) is 13.4. The Balaban J connectivity index is 2.81. The number of nitrogens with one attached hydrogen (secondary N) is 1. The number of nitrogens with zero attached hydrogens (tertiary/aromatic N) is 2. The van der Waals surface area contributed by atoms with Crippen molar-refractivity contribution >= 4 is 21.6 Å². The topological polar surface area (TPSA) is 136 Å².